The third-order valence-corrected chi connectivity index (χ3v) is 17.1. The normalized spacial score (nSPS) is 14.2. The average Bonchev–Trinajstić information content (AvgIpc) is 2.84. The van der Waals surface area contributed by atoms with Crippen molar-refractivity contribution in [2.45, 2.75) is 155 Å². The minimum absolute atomic E-state index is 0.481. The molecule has 0 aliphatic heterocycles. The fourth-order valence-electron chi connectivity index (χ4n) is 4.88. The second-order valence-electron chi connectivity index (χ2n) is 9.42. The molecule has 0 aliphatic carbocycles. The van der Waals surface area contributed by atoms with Crippen LogP contribution in [0.5, 0.6) is 0 Å². The summed E-state index contributed by atoms with van der Waals surface area (Å²) in [6.45, 7) is 18.4. The maximum absolute atomic E-state index is 13.5. The molecule has 3 atom stereocenters. The molecule has 0 aromatic rings. The Bertz CT molecular complexity index is 549. The fraction of sp³-hybridized carbons (Fsp3) is 1.00. The van der Waals surface area contributed by atoms with Crippen LogP contribution in [0.1, 0.15) is 139 Å². The second-order valence-corrected chi connectivity index (χ2v) is 16.9. The van der Waals surface area contributed by atoms with Crippen molar-refractivity contribution in [2.24, 2.45) is 0 Å². The van der Waals surface area contributed by atoms with Crippen molar-refractivity contribution in [3.8, 4) is 0 Å². The molecule has 198 valence electrons. The zero-order chi connectivity index (χ0) is 26.4. The lowest BCUT2D eigenvalue weighted by Gasteiger charge is -2.21. The smallest absolute Gasteiger partial charge is 0.201 e. The molecule has 34 heavy (non-hydrogen) atoms. The van der Waals surface area contributed by atoms with E-state index in [1.165, 1.54) is 0 Å². The average molecular weight is 556 g/mol. The Hall–Kier alpha value is 0.712. The van der Waals surface area contributed by atoms with Crippen LogP contribution < -0.4 is 0 Å². The minimum atomic E-state index is -3.22. The van der Waals surface area contributed by atoms with Gasteiger partial charge >= 0.3 is 39.2 Å². The molecule has 3 unspecified atom stereocenters. The molecule has 0 spiro atoms. The topological polar surface area (TPSA) is 78.9 Å². The van der Waals surface area contributed by atoms with Crippen molar-refractivity contribution >= 4 is 39.2 Å². The molecule has 0 amide bonds. The van der Waals surface area contributed by atoms with Crippen molar-refractivity contribution in [3.05, 3.63) is 0 Å². The van der Waals surface area contributed by atoms with Crippen LogP contribution in [0.25, 0.3) is 0 Å². The Kier molecular flexibility index (Phi) is 17.6. The van der Waals surface area contributed by atoms with Crippen LogP contribution in [-0.4, -0.2) is 30.6 Å². The van der Waals surface area contributed by atoms with E-state index in [4.69, 9.17) is 10.7 Å². The molecule has 0 fully saturated rings. The van der Waals surface area contributed by atoms with Crippen LogP contribution in [0.4, 0.5) is 0 Å². The maximum atomic E-state index is 13.5. The predicted molar refractivity (Wildman–Crippen MR) is 146 cm³/mol. The summed E-state index contributed by atoms with van der Waals surface area (Å²) >= 11 is -3.22. The van der Waals surface area contributed by atoms with E-state index in [9.17, 15) is 13.7 Å². The first kappa shape index (κ1) is 34.7. The summed E-state index contributed by atoms with van der Waals surface area (Å²) in [7, 11) is -6.40. The molecule has 0 heterocycles. The van der Waals surface area contributed by atoms with E-state index in [-0.39, 0.29) is 0 Å². The molecule has 10 heteroatoms. The van der Waals surface area contributed by atoms with Gasteiger partial charge in [-0.05, 0) is 71.5 Å². The minimum Gasteiger partial charge on any atom is -0.201 e. The zero-order valence-electron chi connectivity index (χ0n) is 23.4. The highest BCUT2D eigenvalue weighted by molar-refractivity contribution is 7.46. The summed E-state index contributed by atoms with van der Waals surface area (Å²) in [6, 6.07) is 0. The Balaban J connectivity index is 6.13. The summed E-state index contributed by atoms with van der Waals surface area (Å²) in [5.74, 6) is 0. The van der Waals surface area contributed by atoms with Crippen LogP contribution in [0.3, 0.4) is 0 Å². The molecule has 0 saturated heterocycles. The molecule has 0 N–H and O–H groups in total. The quantitative estimate of drug-likeness (QED) is 0.104. The highest BCUT2D eigenvalue weighted by atomic mass is 31.1. The predicted octanol–water partition coefficient (Wildman–Crippen LogP) is 10.3. The van der Waals surface area contributed by atoms with Crippen LogP contribution in [0.2, 0.25) is 0 Å². The van der Waals surface area contributed by atoms with Gasteiger partial charge in [0.15, 0.2) is 15.5 Å². The molecular formula is C24H51AlO6P3+3. The fourth-order valence-corrected chi connectivity index (χ4v) is 13.7. The van der Waals surface area contributed by atoms with Gasteiger partial charge < -0.3 is 0 Å². The van der Waals surface area contributed by atoms with Crippen molar-refractivity contribution < 1.29 is 24.4 Å². The Morgan fingerprint density at radius 1 is 0.471 bits per heavy atom. The molecule has 0 bridgehead atoms. The van der Waals surface area contributed by atoms with Crippen molar-refractivity contribution in [2.75, 3.05) is 0 Å². The SMILES string of the molecule is CCCC(CC)(CC)[P+](=O)[O][Al]([O][P+](=O)C(CC)(CC)CCC)[O][P+](=O)C(CC)(CC)CCC. The summed E-state index contributed by atoms with van der Waals surface area (Å²) < 4.78 is 58.7. The number of hydrogen-bond acceptors (Lipinski definition) is 6. The van der Waals surface area contributed by atoms with Crippen molar-refractivity contribution in [1.82, 2.24) is 0 Å². The number of rotatable bonds is 21. The molecule has 0 saturated carbocycles. The first-order chi connectivity index (χ1) is 16.1. The summed E-state index contributed by atoms with van der Waals surface area (Å²) in [5, 5.41) is -1.44. The standard InChI is InChI=1S/3C8H17O2P.Al/c3*1-4-7-8(5-2,6-3)11(9)10;/h3*4-7H2,1-3H3;/q;;;+3. The van der Waals surface area contributed by atoms with Crippen molar-refractivity contribution in [3.63, 3.8) is 0 Å². The highest BCUT2D eigenvalue weighted by Gasteiger charge is 2.65. The third-order valence-electron chi connectivity index (χ3n) is 7.80. The number of hydrogen-bond donors (Lipinski definition) is 0. The largest absolute Gasteiger partial charge is 1.04 e. The lowest BCUT2D eigenvalue weighted by atomic mass is 9.97. The van der Waals surface area contributed by atoms with Gasteiger partial charge in [-0.25, -0.2) is 10.7 Å². The Morgan fingerprint density at radius 2 is 0.676 bits per heavy atom. The van der Waals surface area contributed by atoms with Gasteiger partial charge in [0.05, 0.1) is 0 Å². The molecular weight excluding hydrogens is 504 g/mol. The Labute approximate surface area is 218 Å². The van der Waals surface area contributed by atoms with Crippen LogP contribution in [0, 0.1) is 0 Å². The molecule has 0 radical (unpaired) electrons. The van der Waals surface area contributed by atoms with Gasteiger partial charge in [-0.3, -0.25) is 0 Å². The second kappa shape index (κ2) is 17.3. The molecule has 0 aromatic heterocycles. The van der Waals surface area contributed by atoms with Gasteiger partial charge in [0.1, 0.15) is 0 Å². The van der Waals surface area contributed by atoms with E-state index < -0.39 is 54.7 Å². The van der Waals surface area contributed by atoms with Gasteiger partial charge in [-0.1, -0.05) is 81.6 Å². The molecule has 0 rings (SSSR count). The van der Waals surface area contributed by atoms with Gasteiger partial charge in [-0.2, -0.15) is 0 Å². The van der Waals surface area contributed by atoms with E-state index in [2.05, 4.69) is 20.8 Å². The van der Waals surface area contributed by atoms with Gasteiger partial charge in [0.25, 0.3) is 0 Å². The first-order valence-corrected chi connectivity index (χ1v) is 18.5. The maximum Gasteiger partial charge on any atom is 1.04 e. The van der Waals surface area contributed by atoms with E-state index in [1.807, 2.05) is 41.5 Å². The van der Waals surface area contributed by atoms with E-state index in [0.717, 1.165) is 38.5 Å². The van der Waals surface area contributed by atoms with Gasteiger partial charge in [0.2, 0.25) is 0 Å². The van der Waals surface area contributed by atoms with E-state index in [0.29, 0.717) is 38.5 Å². The monoisotopic (exact) mass is 555 g/mol. The zero-order valence-corrected chi connectivity index (χ0v) is 27.2. The molecule has 0 aliphatic rings. The Morgan fingerprint density at radius 3 is 0.824 bits per heavy atom. The van der Waals surface area contributed by atoms with Crippen molar-refractivity contribution in [1.29, 1.82) is 0 Å². The summed E-state index contributed by atoms with van der Waals surface area (Å²) in [5.41, 5.74) is 0. The van der Waals surface area contributed by atoms with Crippen LogP contribution in [0.15, 0.2) is 0 Å². The van der Waals surface area contributed by atoms with E-state index >= 15 is 0 Å². The highest BCUT2D eigenvalue weighted by Crippen LogP contribution is 2.55. The van der Waals surface area contributed by atoms with Crippen LogP contribution >= 0.6 is 24.1 Å². The van der Waals surface area contributed by atoms with Gasteiger partial charge in [-0.15, -0.1) is 0 Å². The van der Waals surface area contributed by atoms with E-state index in [1.54, 1.807) is 0 Å². The lowest BCUT2D eigenvalue weighted by molar-refractivity contribution is 0.287. The van der Waals surface area contributed by atoms with Gasteiger partial charge in [0, 0.05) is 0 Å². The summed E-state index contributed by atoms with van der Waals surface area (Å²) in [4.78, 5) is 0. The first-order valence-electron chi connectivity index (χ1n) is 13.5. The third kappa shape index (κ3) is 8.93. The van der Waals surface area contributed by atoms with Crippen LogP contribution in [-0.2, 0) is 24.4 Å². The summed E-state index contributed by atoms with van der Waals surface area (Å²) in [6.07, 6.45) is 9.21. The molecule has 6 nitrogen and oxygen atoms in total. The molecule has 0 aromatic carbocycles. The lowest BCUT2D eigenvalue weighted by Crippen LogP contribution is -2.32.